The standard InChI is InChI=1S/C12H12ClN3OS/c1-8-7-18-12(15-8)16-14-6-9-4-3-5-10(17-2)11(9)13/h3-7H,1-2H3,(H,15,16). The third-order valence-electron chi connectivity index (χ3n) is 2.20. The van der Waals surface area contributed by atoms with E-state index in [1.54, 1.807) is 19.4 Å². The molecule has 2 aromatic rings. The number of hydrogen-bond acceptors (Lipinski definition) is 5. The van der Waals surface area contributed by atoms with Crippen molar-refractivity contribution < 1.29 is 4.74 Å². The Morgan fingerprint density at radius 2 is 2.33 bits per heavy atom. The second-order valence-corrected chi connectivity index (χ2v) is 4.76. The largest absolute Gasteiger partial charge is 0.495 e. The number of aryl methyl sites for hydroxylation is 1. The molecule has 94 valence electrons. The van der Waals surface area contributed by atoms with Crippen LogP contribution in [-0.2, 0) is 0 Å². The maximum Gasteiger partial charge on any atom is 0.203 e. The Bertz CT molecular complexity index is 568. The van der Waals surface area contributed by atoms with E-state index in [-0.39, 0.29) is 0 Å². The van der Waals surface area contributed by atoms with Crippen molar-refractivity contribution in [1.82, 2.24) is 4.98 Å². The molecule has 6 heteroatoms. The lowest BCUT2D eigenvalue weighted by molar-refractivity contribution is 0.415. The number of nitrogens with zero attached hydrogens (tertiary/aromatic N) is 2. The van der Waals surface area contributed by atoms with Crippen molar-refractivity contribution >= 4 is 34.3 Å². The molecule has 1 aromatic carbocycles. The lowest BCUT2D eigenvalue weighted by Gasteiger charge is -2.04. The van der Waals surface area contributed by atoms with Gasteiger partial charge in [-0.25, -0.2) is 4.98 Å². The smallest absolute Gasteiger partial charge is 0.203 e. The van der Waals surface area contributed by atoms with Crippen molar-refractivity contribution in [2.75, 3.05) is 12.5 Å². The number of ether oxygens (including phenoxy) is 1. The summed E-state index contributed by atoms with van der Waals surface area (Å²) < 4.78 is 5.13. The summed E-state index contributed by atoms with van der Waals surface area (Å²) in [5.74, 6) is 0.630. The first kappa shape index (κ1) is 12.9. The van der Waals surface area contributed by atoms with Crippen LogP contribution in [0.5, 0.6) is 5.75 Å². The minimum Gasteiger partial charge on any atom is -0.495 e. The number of nitrogens with one attached hydrogen (secondary N) is 1. The SMILES string of the molecule is COc1cccc(C=NNc2nc(C)cs2)c1Cl. The Balaban J connectivity index is 2.09. The number of halogens is 1. The highest BCUT2D eigenvalue weighted by molar-refractivity contribution is 7.13. The first-order valence-electron chi connectivity index (χ1n) is 5.24. The molecule has 2 rings (SSSR count). The topological polar surface area (TPSA) is 46.5 Å². The lowest BCUT2D eigenvalue weighted by Crippen LogP contribution is -1.92. The van der Waals surface area contributed by atoms with Gasteiger partial charge >= 0.3 is 0 Å². The van der Waals surface area contributed by atoms with Gasteiger partial charge in [0.1, 0.15) is 5.75 Å². The number of anilines is 1. The van der Waals surface area contributed by atoms with Crippen LogP contribution in [0, 0.1) is 6.92 Å². The van der Waals surface area contributed by atoms with Crippen molar-refractivity contribution in [3.8, 4) is 5.75 Å². The molecular weight excluding hydrogens is 270 g/mol. The second-order valence-electron chi connectivity index (χ2n) is 3.53. The molecule has 0 aliphatic carbocycles. The van der Waals surface area contributed by atoms with Crippen molar-refractivity contribution in [3.63, 3.8) is 0 Å². The molecule has 1 heterocycles. The highest BCUT2D eigenvalue weighted by atomic mass is 35.5. The van der Waals surface area contributed by atoms with Crippen LogP contribution < -0.4 is 10.2 Å². The molecule has 18 heavy (non-hydrogen) atoms. The van der Waals surface area contributed by atoms with Gasteiger partial charge in [0.2, 0.25) is 5.13 Å². The molecule has 0 atom stereocenters. The highest BCUT2D eigenvalue weighted by Crippen LogP contribution is 2.26. The van der Waals surface area contributed by atoms with Gasteiger partial charge in [0.25, 0.3) is 0 Å². The van der Waals surface area contributed by atoms with Gasteiger partial charge in [-0.15, -0.1) is 11.3 Å². The third-order valence-corrected chi connectivity index (χ3v) is 3.47. The fourth-order valence-corrected chi connectivity index (χ4v) is 2.24. The van der Waals surface area contributed by atoms with Gasteiger partial charge in [-0.05, 0) is 13.0 Å². The third kappa shape index (κ3) is 3.00. The van der Waals surface area contributed by atoms with E-state index in [0.717, 1.165) is 16.4 Å². The van der Waals surface area contributed by atoms with Gasteiger partial charge in [-0.2, -0.15) is 5.10 Å². The molecule has 0 bridgehead atoms. The van der Waals surface area contributed by atoms with E-state index >= 15 is 0 Å². The fourth-order valence-electron chi connectivity index (χ4n) is 1.35. The zero-order chi connectivity index (χ0) is 13.0. The van der Waals surface area contributed by atoms with Gasteiger partial charge in [0.05, 0.1) is 24.0 Å². The molecule has 0 saturated heterocycles. The van der Waals surface area contributed by atoms with E-state index in [2.05, 4.69) is 15.5 Å². The molecule has 0 amide bonds. The van der Waals surface area contributed by atoms with Crippen molar-refractivity contribution in [2.45, 2.75) is 6.92 Å². The van der Waals surface area contributed by atoms with Crippen LogP contribution in [0.3, 0.4) is 0 Å². The van der Waals surface area contributed by atoms with Crippen molar-refractivity contribution in [1.29, 1.82) is 0 Å². The zero-order valence-electron chi connectivity index (χ0n) is 9.98. The first-order chi connectivity index (χ1) is 8.70. The summed E-state index contributed by atoms with van der Waals surface area (Å²) in [5.41, 5.74) is 4.61. The Morgan fingerprint density at radius 1 is 1.50 bits per heavy atom. The first-order valence-corrected chi connectivity index (χ1v) is 6.50. The van der Waals surface area contributed by atoms with Crippen LogP contribution in [0.25, 0.3) is 0 Å². The fraction of sp³-hybridized carbons (Fsp3) is 0.167. The molecule has 4 nitrogen and oxygen atoms in total. The average Bonchev–Trinajstić information content (AvgIpc) is 2.77. The molecule has 0 radical (unpaired) electrons. The average molecular weight is 282 g/mol. The Morgan fingerprint density at radius 3 is 3.00 bits per heavy atom. The zero-order valence-corrected chi connectivity index (χ0v) is 11.5. The minimum absolute atomic E-state index is 0.542. The quantitative estimate of drug-likeness (QED) is 0.688. The van der Waals surface area contributed by atoms with Crippen molar-refractivity contribution in [3.05, 3.63) is 39.9 Å². The van der Waals surface area contributed by atoms with E-state index in [0.29, 0.717) is 10.8 Å². The van der Waals surface area contributed by atoms with Crippen LogP contribution in [0.15, 0.2) is 28.7 Å². The van der Waals surface area contributed by atoms with E-state index in [1.165, 1.54) is 11.3 Å². The molecule has 0 fully saturated rings. The monoisotopic (exact) mass is 281 g/mol. The predicted octanol–water partition coefficient (Wildman–Crippen LogP) is 3.56. The highest BCUT2D eigenvalue weighted by Gasteiger charge is 2.03. The summed E-state index contributed by atoms with van der Waals surface area (Å²) >= 11 is 7.64. The van der Waals surface area contributed by atoms with Crippen LogP contribution in [0.2, 0.25) is 5.02 Å². The van der Waals surface area contributed by atoms with E-state index < -0.39 is 0 Å². The van der Waals surface area contributed by atoms with Gasteiger partial charge in [-0.1, -0.05) is 23.7 Å². The molecule has 0 unspecified atom stereocenters. The molecule has 1 N–H and O–H groups in total. The van der Waals surface area contributed by atoms with Crippen LogP contribution in [0.4, 0.5) is 5.13 Å². The number of methoxy groups -OCH3 is 1. The van der Waals surface area contributed by atoms with Gasteiger partial charge in [-0.3, -0.25) is 5.43 Å². The summed E-state index contributed by atoms with van der Waals surface area (Å²) in [6, 6.07) is 5.53. The lowest BCUT2D eigenvalue weighted by atomic mass is 10.2. The number of thiazole rings is 1. The van der Waals surface area contributed by atoms with Crippen LogP contribution in [-0.4, -0.2) is 18.3 Å². The summed E-state index contributed by atoms with van der Waals surface area (Å²) in [6.45, 7) is 1.93. The van der Waals surface area contributed by atoms with Gasteiger partial charge < -0.3 is 4.74 Å². The summed E-state index contributed by atoms with van der Waals surface area (Å²) in [4.78, 5) is 4.23. The van der Waals surface area contributed by atoms with Gasteiger partial charge in [0, 0.05) is 10.9 Å². The molecule has 0 spiro atoms. The number of hydrogen-bond donors (Lipinski definition) is 1. The van der Waals surface area contributed by atoms with Crippen LogP contribution in [0.1, 0.15) is 11.3 Å². The van der Waals surface area contributed by atoms with E-state index in [1.807, 2.05) is 24.4 Å². The molecular formula is C12H12ClN3OS. The summed E-state index contributed by atoms with van der Waals surface area (Å²) in [7, 11) is 1.58. The Hall–Kier alpha value is -1.59. The number of rotatable bonds is 4. The normalized spacial score (nSPS) is 10.8. The van der Waals surface area contributed by atoms with E-state index in [9.17, 15) is 0 Å². The molecule has 0 aliphatic rings. The second kappa shape index (κ2) is 5.84. The predicted molar refractivity (Wildman–Crippen MR) is 76.1 cm³/mol. The number of aromatic nitrogens is 1. The van der Waals surface area contributed by atoms with Crippen molar-refractivity contribution in [2.24, 2.45) is 5.10 Å². The molecule has 0 aliphatic heterocycles. The van der Waals surface area contributed by atoms with Gasteiger partial charge in [0.15, 0.2) is 0 Å². The minimum atomic E-state index is 0.542. The van der Waals surface area contributed by atoms with E-state index in [4.69, 9.17) is 16.3 Å². The number of benzene rings is 1. The molecule has 0 saturated carbocycles. The summed E-state index contributed by atoms with van der Waals surface area (Å²) in [5, 5.41) is 7.34. The maximum atomic E-state index is 6.14. The van der Waals surface area contributed by atoms with Crippen LogP contribution >= 0.6 is 22.9 Å². The number of hydrazone groups is 1. The molecule has 1 aromatic heterocycles. The Labute approximate surface area is 114 Å². The maximum absolute atomic E-state index is 6.14. The Kier molecular flexibility index (Phi) is 4.17. The summed E-state index contributed by atoms with van der Waals surface area (Å²) in [6.07, 6.45) is 1.64.